The van der Waals surface area contributed by atoms with E-state index in [1.54, 1.807) is 0 Å². The van der Waals surface area contributed by atoms with Gasteiger partial charge < -0.3 is 0 Å². The van der Waals surface area contributed by atoms with Gasteiger partial charge in [-0.15, -0.1) is 23.2 Å². The van der Waals surface area contributed by atoms with Crippen LogP contribution < -0.4 is 0 Å². The summed E-state index contributed by atoms with van der Waals surface area (Å²) in [6.07, 6.45) is 2.96. The molecule has 0 fully saturated rings. The molecule has 0 heterocycles. The molecule has 0 amide bonds. The molecule has 0 radical (unpaired) electrons. The van der Waals surface area contributed by atoms with Gasteiger partial charge in [0.25, 0.3) is 0 Å². The fraction of sp³-hybridized carbons (Fsp3) is 0.455. The van der Waals surface area contributed by atoms with Crippen molar-refractivity contribution in [2.24, 2.45) is 0 Å². The minimum absolute atomic E-state index is 0.220. The molecule has 2 heteroatoms. The van der Waals surface area contributed by atoms with Gasteiger partial charge in [-0.1, -0.05) is 30.3 Å². The SMILES string of the molecule is ClCCC(Cl)CCc1ccccc1. The highest BCUT2D eigenvalue weighted by Crippen LogP contribution is 2.12. The Morgan fingerprint density at radius 3 is 2.38 bits per heavy atom. The average Bonchev–Trinajstić information content (AvgIpc) is 2.17. The van der Waals surface area contributed by atoms with E-state index >= 15 is 0 Å². The summed E-state index contributed by atoms with van der Waals surface area (Å²) in [5.74, 6) is 0.656. The maximum Gasteiger partial charge on any atom is 0.0350 e. The molecule has 1 aromatic carbocycles. The number of aryl methyl sites for hydroxylation is 1. The molecule has 1 aromatic rings. The summed E-state index contributed by atoms with van der Waals surface area (Å²) in [7, 11) is 0. The summed E-state index contributed by atoms with van der Waals surface area (Å²) in [4.78, 5) is 0. The summed E-state index contributed by atoms with van der Waals surface area (Å²) < 4.78 is 0. The van der Waals surface area contributed by atoms with Gasteiger partial charge in [-0.05, 0) is 24.8 Å². The van der Waals surface area contributed by atoms with E-state index in [9.17, 15) is 0 Å². The van der Waals surface area contributed by atoms with Gasteiger partial charge in [-0.3, -0.25) is 0 Å². The molecule has 0 nitrogen and oxygen atoms in total. The van der Waals surface area contributed by atoms with Gasteiger partial charge in [0, 0.05) is 11.3 Å². The van der Waals surface area contributed by atoms with E-state index in [1.165, 1.54) is 5.56 Å². The van der Waals surface area contributed by atoms with Crippen LogP contribution in [0.2, 0.25) is 0 Å². The van der Waals surface area contributed by atoms with Crippen LogP contribution >= 0.6 is 23.2 Å². The normalized spacial score (nSPS) is 12.8. The van der Waals surface area contributed by atoms with Gasteiger partial charge in [0.1, 0.15) is 0 Å². The summed E-state index contributed by atoms with van der Waals surface area (Å²) >= 11 is 11.6. The van der Waals surface area contributed by atoms with Gasteiger partial charge in [0.15, 0.2) is 0 Å². The number of benzene rings is 1. The Hall–Kier alpha value is -0.200. The third kappa shape index (κ3) is 4.54. The van der Waals surface area contributed by atoms with Crippen LogP contribution in [0.15, 0.2) is 30.3 Å². The molecule has 0 saturated carbocycles. The van der Waals surface area contributed by atoms with E-state index < -0.39 is 0 Å². The summed E-state index contributed by atoms with van der Waals surface area (Å²) in [6, 6.07) is 10.4. The van der Waals surface area contributed by atoms with Crippen LogP contribution in [0.5, 0.6) is 0 Å². The smallest absolute Gasteiger partial charge is 0.0350 e. The summed E-state index contributed by atoms with van der Waals surface area (Å²) in [5, 5.41) is 0.220. The molecule has 0 aliphatic heterocycles. The molecular formula is C11H14Cl2. The van der Waals surface area contributed by atoms with Gasteiger partial charge in [0.2, 0.25) is 0 Å². The fourth-order valence-electron chi connectivity index (χ4n) is 1.23. The predicted molar refractivity (Wildman–Crippen MR) is 59.7 cm³/mol. The van der Waals surface area contributed by atoms with Gasteiger partial charge in [-0.2, -0.15) is 0 Å². The van der Waals surface area contributed by atoms with Crippen molar-refractivity contribution in [2.75, 3.05) is 5.88 Å². The molecule has 0 spiro atoms. The topological polar surface area (TPSA) is 0 Å². The average molecular weight is 217 g/mol. The standard InChI is InChI=1S/C11H14Cl2/c12-9-8-11(13)7-6-10-4-2-1-3-5-10/h1-5,11H,6-9H2. The van der Waals surface area contributed by atoms with Crippen LogP contribution in [0.3, 0.4) is 0 Å². The maximum atomic E-state index is 6.05. The lowest BCUT2D eigenvalue weighted by molar-refractivity contribution is 0.730. The molecule has 0 saturated heterocycles. The Bertz CT molecular complexity index is 221. The molecule has 0 bridgehead atoms. The third-order valence-electron chi connectivity index (χ3n) is 2.01. The Labute approximate surface area is 89.9 Å². The Morgan fingerprint density at radius 1 is 1.08 bits per heavy atom. The molecule has 1 rings (SSSR count). The van der Waals surface area contributed by atoms with Crippen molar-refractivity contribution >= 4 is 23.2 Å². The molecule has 0 N–H and O–H groups in total. The molecular weight excluding hydrogens is 203 g/mol. The Kier molecular flexibility index (Phi) is 5.26. The van der Waals surface area contributed by atoms with E-state index in [1.807, 2.05) is 6.07 Å². The third-order valence-corrected chi connectivity index (χ3v) is 2.67. The predicted octanol–water partition coefficient (Wildman–Crippen LogP) is 3.86. The highest BCUT2D eigenvalue weighted by atomic mass is 35.5. The van der Waals surface area contributed by atoms with Gasteiger partial charge in [-0.25, -0.2) is 0 Å². The fourth-order valence-corrected chi connectivity index (χ4v) is 1.82. The van der Waals surface area contributed by atoms with E-state index in [0.717, 1.165) is 19.3 Å². The summed E-state index contributed by atoms with van der Waals surface area (Å²) in [6.45, 7) is 0. The highest BCUT2D eigenvalue weighted by molar-refractivity contribution is 6.22. The first-order valence-corrected chi connectivity index (χ1v) is 5.54. The first kappa shape index (κ1) is 10.9. The van der Waals surface area contributed by atoms with E-state index in [2.05, 4.69) is 24.3 Å². The largest absolute Gasteiger partial charge is 0.127 e. The Morgan fingerprint density at radius 2 is 1.77 bits per heavy atom. The van der Waals surface area contributed by atoms with Gasteiger partial charge in [0.05, 0.1) is 0 Å². The van der Waals surface area contributed by atoms with Crippen LogP contribution in [0.1, 0.15) is 18.4 Å². The van der Waals surface area contributed by atoms with Crippen molar-refractivity contribution < 1.29 is 0 Å². The molecule has 1 unspecified atom stereocenters. The van der Waals surface area contributed by atoms with Crippen LogP contribution in [-0.2, 0) is 6.42 Å². The van der Waals surface area contributed by atoms with Crippen LogP contribution in [0, 0.1) is 0 Å². The molecule has 1 atom stereocenters. The van der Waals surface area contributed by atoms with Crippen molar-refractivity contribution in [3.63, 3.8) is 0 Å². The number of rotatable bonds is 5. The van der Waals surface area contributed by atoms with Crippen LogP contribution in [0.4, 0.5) is 0 Å². The monoisotopic (exact) mass is 216 g/mol. The highest BCUT2D eigenvalue weighted by Gasteiger charge is 2.03. The van der Waals surface area contributed by atoms with E-state index in [4.69, 9.17) is 23.2 Å². The quantitative estimate of drug-likeness (QED) is 0.657. The number of hydrogen-bond acceptors (Lipinski definition) is 0. The summed E-state index contributed by atoms with van der Waals surface area (Å²) in [5.41, 5.74) is 1.35. The number of alkyl halides is 2. The van der Waals surface area contributed by atoms with Crippen LogP contribution in [-0.4, -0.2) is 11.3 Å². The molecule has 0 aromatic heterocycles. The first-order chi connectivity index (χ1) is 6.33. The van der Waals surface area contributed by atoms with Crippen LogP contribution in [0.25, 0.3) is 0 Å². The maximum absolute atomic E-state index is 6.05. The minimum Gasteiger partial charge on any atom is -0.127 e. The van der Waals surface area contributed by atoms with Crippen molar-refractivity contribution in [3.8, 4) is 0 Å². The Balaban J connectivity index is 2.27. The van der Waals surface area contributed by atoms with Crippen molar-refractivity contribution in [2.45, 2.75) is 24.6 Å². The lowest BCUT2D eigenvalue weighted by Crippen LogP contribution is -2.01. The number of hydrogen-bond donors (Lipinski definition) is 0. The van der Waals surface area contributed by atoms with Gasteiger partial charge >= 0.3 is 0 Å². The van der Waals surface area contributed by atoms with E-state index in [0.29, 0.717) is 5.88 Å². The van der Waals surface area contributed by atoms with Crippen molar-refractivity contribution in [3.05, 3.63) is 35.9 Å². The molecule has 0 aliphatic carbocycles. The molecule has 13 heavy (non-hydrogen) atoms. The second-order valence-corrected chi connectivity index (χ2v) is 4.09. The number of halogens is 2. The molecule has 72 valence electrons. The first-order valence-electron chi connectivity index (χ1n) is 4.57. The second-order valence-electron chi connectivity index (χ2n) is 3.10. The minimum atomic E-state index is 0.220. The zero-order valence-corrected chi connectivity index (χ0v) is 9.06. The zero-order chi connectivity index (χ0) is 9.52. The second kappa shape index (κ2) is 6.28. The zero-order valence-electron chi connectivity index (χ0n) is 7.55. The van der Waals surface area contributed by atoms with E-state index in [-0.39, 0.29) is 5.38 Å². The molecule has 0 aliphatic rings. The van der Waals surface area contributed by atoms with Crippen molar-refractivity contribution in [1.82, 2.24) is 0 Å². The van der Waals surface area contributed by atoms with Crippen molar-refractivity contribution in [1.29, 1.82) is 0 Å². The lowest BCUT2D eigenvalue weighted by atomic mass is 10.1. The lowest BCUT2D eigenvalue weighted by Gasteiger charge is -2.06.